The fourth-order valence-corrected chi connectivity index (χ4v) is 4.81. The van der Waals surface area contributed by atoms with E-state index in [9.17, 15) is 13.2 Å². The molecule has 0 spiro atoms. The van der Waals surface area contributed by atoms with Crippen LogP contribution in [-0.4, -0.2) is 0 Å². The lowest BCUT2D eigenvalue weighted by molar-refractivity contribution is -0.137. The van der Waals surface area contributed by atoms with Gasteiger partial charge in [-0.05, 0) is 72.9 Å². The number of hydrogen-bond acceptors (Lipinski definition) is 0. The minimum atomic E-state index is -4.34. The molecule has 0 aliphatic carbocycles. The van der Waals surface area contributed by atoms with Crippen molar-refractivity contribution in [2.45, 2.75) is 13.1 Å². The van der Waals surface area contributed by atoms with E-state index in [2.05, 4.69) is 55.5 Å². The molecule has 0 saturated heterocycles. The molecule has 0 N–H and O–H groups in total. The monoisotopic (exact) mass is 410 g/mol. The Morgan fingerprint density at radius 2 is 0.839 bits per heavy atom. The van der Waals surface area contributed by atoms with E-state index in [0.717, 1.165) is 26.9 Å². The minimum Gasteiger partial charge on any atom is -0.166 e. The molecule has 0 radical (unpaired) electrons. The van der Waals surface area contributed by atoms with E-state index in [4.69, 9.17) is 0 Å². The first-order chi connectivity index (χ1) is 14.9. The third kappa shape index (κ3) is 2.70. The molecular formula is C28H17F3. The van der Waals surface area contributed by atoms with Gasteiger partial charge >= 0.3 is 6.18 Å². The highest BCUT2D eigenvalue weighted by Crippen LogP contribution is 2.38. The highest BCUT2D eigenvalue weighted by Gasteiger charge is 2.30. The van der Waals surface area contributed by atoms with Crippen LogP contribution in [0.25, 0.3) is 53.9 Å². The Balaban J connectivity index is 1.67. The van der Waals surface area contributed by atoms with Gasteiger partial charge in [-0.1, -0.05) is 78.4 Å². The van der Waals surface area contributed by atoms with Crippen LogP contribution in [0, 0.1) is 6.92 Å². The number of alkyl halides is 3. The standard InChI is InChI=1S/C28H17F3/c1-16-2-6-20-17(14-16)3-7-24-22(20)10-12-27-25-8-4-18-15-19(28(29,30)31)5-9-21(18)23(25)11-13-26(24)27/h2-15H,1H3. The predicted molar refractivity (Wildman–Crippen MR) is 124 cm³/mol. The maximum atomic E-state index is 13.1. The van der Waals surface area contributed by atoms with Gasteiger partial charge in [0.25, 0.3) is 0 Å². The van der Waals surface area contributed by atoms with E-state index in [0.29, 0.717) is 5.39 Å². The maximum Gasteiger partial charge on any atom is 0.416 e. The summed E-state index contributed by atoms with van der Waals surface area (Å²) < 4.78 is 39.4. The second-order valence-corrected chi connectivity index (χ2v) is 8.21. The zero-order valence-corrected chi connectivity index (χ0v) is 16.7. The van der Waals surface area contributed by atoms with Gasteiger partial charge in [0, 0.05) is 0 Å². The maximum absolute atomic E-state index is 13.1. The Morgan fingerprint density at radius 3 is 1.35 bits per heavy atom. The molecule has 6 aromatic carbocycles. The molecule has 0 aromatic heterocycles. The van der Waals surface area contributed by atoms with Crippen LogP contribution in [-0.2, 0) is 6.18 Å². The summed E-state index contributed by atoms with van der Waals surface area (Å²) >= 11 is 0. The van der Waals surface area contributed by atoms with Gasteiger partial charge in [-0.15, -0.1) is 0 Å². The lowest BCUT2D eigenvalue weighted by atomic mass is 9.92. The number of halogens is 3. The topological polar surface area (TPSA) is 0 Å². The normalized spacial score (nSPS) is 12.5. The second-order valence-electron chi connectivity index (χ2n) is 8.21. The average Bonchev–Trinajstić information content (AvgIpc) is 2.76. The van der Waals surface area contributed by atoms with Crippen LogP contribution in [0.5, 0.6) is 0 Å². The van der Waals surface area contributed by atoms with Crippen LogP contribution >= 0.6 is 0 Å². The zero-order valence-electron chi connectivity index (χ0n) is 16.7. The highest BCUT2D eigenvalue weighted by atomic mass is 19.4. The van der Waals surface area contributed by atoms with E-state index < -0.39 is 11.7 Å². The molecule has 150 valence electrons. The van der Waals surface area contributed by atoms with Gasteiger partial charge in [-0.2, -0.15) is 13.2 Å². The largest absolute Gasteiger partial charge is 0.416 e. The average molecular weight is 410 g/mol. The number of benzene rings is 6. The number of aryl methyl sites for hydroxylation is 1. The molecule has 0 aliphatic heterocycles. The van der Waals surface area contributed by atoms with Gasteiger partial charge in [-0.3, -0.25) is 0 Å². The van der Waals surface area contributed by atoms with Gasteiger partial charge in [-0.25, -0.2) is 0 Å². The molecule has 0 saturated carbocycles. The van der Waals surface area contributed by atoms with Crippen molar-refractivity contribution in [1.29, 1.82) is 0 Å². The van der Waals surface area contributed by atoms with Crippen molar-refractivity contribution >= 4 is 53.9 Å². The van der Waals surface area contributed by atoms with Crippen LogP contribution in [0.3, 0.4) is 0 Å². The SMILES string of the molecule is Cc1ccc2c(ccc3c2ccc2c4ccc5cc(C(F)(F)F)ccc5c4ccc32)c1. The summed E-state index contributed by atoms with van der Waals surface area (Å²) in [5, 5.41) is 10.6. The van der Waals surface area contributed by atoms with Gasteiger partial charge in [0.2, 0.25) is 0 Å². The van der Waals surface area contributed by atoms with Crippen molar-refractivity contribution in [2.24, 2.45) is 0 Å². The smallest absolute Gasteiger partial charge is 0.166 e. The van der Waals surface area contributed by atoms with Gasteiger partial charge in [0.05, 0.1) is 5.56 Å². The number of hydrogen-bond donors (Lipinski definition) is 0. The van der Waals surface area contributed by atoms with Crippen molar-refractivity contribution in [3.63, 3.8) is 0 Å². The third-order valence-corrected chi connectivity index (χ3v) is 6.31. The van der Waals surface area contributed by atoms with Crippen molar-refractivity contribution in [2.75, 3.05) is 0 Å². The summed E-state index contributed by atoms with van der Waals surface area (Å²) in [6, 6.07) is 27.0. The molecular weight excluding hydrogens is 393 g/mol. The first kappa shape index (κ1) is 18.2. The molecule has 0 aliphatic rings. The van der Waals surface area contributed by atoms with E-state index in [1.165, 1.54) is 39.2 Å². The highest BCUT2D eigenvalue weighted by molar-refractivity contribution is 6.24. The van der Waals surface area contributed by atoms with Crippen LogP contribution in [0.15, 0.2) is 84.9 Å². The van der Waals surface area contributed by atoms with Crippen LogP contribution in [0.4, 0.5) is 13.2 Å². The summed E-state index contributed by atoms with van der Waals surface area (Å²) in [4.78, 5) is 0. The molecule has 0 amide bonds. The van der Waals surface area contributed by atoms with E-state index in [-0.39, 0.29) is 0 Å². The molecule has 6 aromatic rings. The molecule has 0 bridgehead atoms. The lowest BCUT2D eigenvalue weighted by Crippen LogP contribution is -2.04. The van der Waals surface area contributed by atoms with Crippen molar-refractivity contribution in [3.05, 3.63) is 96.1 Å². The third-order valence-electron chi connectivity index (χ3n) is 6.31. The lowest BCUT2D eigenvalue weighted by Gasteiger charge is -2.13. The summed E-state index contributed by atoms with van der Waals surface area (Å²) in [7, 11) is 0. The summed E-state index contributed by atoms with van der Waals surface area (Å²) in [5.41, 5.74) is 0.618. The van der Waals surface area contributed by atoms with E-state index >= 15 is 0 Å². The molecule has 0 unspecified atom stereocenters. The first-order valence-corrected chi connectivity index (χ1v) is 10.2. The Labute approximate surface area is 176 Å². The number of rotatable bonds is 0. The fourth-order valence-electron chi connectivity index (χ4n) is 4.81. The molecule has 6 rings (SSSR count). The summed E-state index contributed by atoms with van der Waals surface area (Å²) in [6.45, 7) is 2.10. The summed E-state index contributed by atoms with van der Waals surface area (Å²) in [5.74, 6) is 0. The quantitative estimate of drug-likeness (QED) is 0.220. The van der Waals surface area contributed by atoms with Gasteiger partial charge < -0.3 is 0 Å². The van der Waals surface area contributed by atoms with Crippen molar-refractivity contribution in [3.8, 4) is 0 Å². The van der Waals surface area contributed by atoms with Gasteiger partial charge in [0.15, 0.2) is 0 Å². The van der Waals surface area contributed by atoms with Crippen molar-refractivity contribution in [1.82, 2.24) is 0 Å². The first-order valence-electron chi connectivity index (χ1n) is 10.2. The molecule has 31 heavy (non-hydrogen) atoms. The Hall–Kier alpha value is -3.59. The van der Waals surface area contributed by atoms with E-state index in [1.54, 1.807) is 12.1 Å². The predicted octanol–water partition coefficient (Wildman–Crippen LogP) is 8.78. The molecule has 0 atom stereocenters. The summed E-state index contributed by atoms with van der Waals surface area (Å²) in [6.07, 6.45) is -4.34. The van der Waals surface area contributed by atoms with Gasteiger partial charge in [0.1, 0.15) is 0 Å². The fraction of sp³-hybridized carbons (Fsp3) is 0.0714. The molecule has 0 heterocycles. The molecule has 0 fully saturated rings. The van der Waals surface area contributed by atoms with Crippen LogP contribution in [0.1, 0.15) is 11.1 Å². The number of fused-ring (bicyclic) bond motifs is 9. The Kier molecular flexibility index (Phi) is 3.64. The molecule has 0 nitrogen and oxygen atoms in total. The Morgan fingerprint density at radius 1 is 0.452 bits per heavy atom. The Bertz CT molecular complexity index is 1670. The zero-order chi connectivity index (χ0) is 21.3. The minimum absolute atomic E-state index is 0.601. The molecule has 3 heteroatoms. The van der Waals surface area contributed by atoms with Crippen molar-refractivity contribution < 1.29 is 13.2 Å². The van der Waals surface area contributed by atoms with E-state index in [1.807, 2.05) is 12.1 Å². The van der Waals surface area contributed by atoms with Crippen LogP contribution < -0.4 is 0 Å². The van der Waals surface area contributed by atoms with Crippen LogP contribution in [0.2, 0.25) is 0 Å². The second kappa shape index (κ2) is 6.21.